The number of rotatable bonds is 6. The Morgan fingerprint density at radius 1 is 1.10 bits per heavy atom. The number of hydrogen-bond donors (Lipinski definition) is 1. The lowest BCUT2D eigenvalue weighted by atomic mass is 10.1. The number of carbonyl (C=O) groups is 1. The Balaban J connectivity index is 1.95. The number of carbonyl (C=O) groups excluding carboxylic acids is 1. The van der Waals surface area contributed by atoms with Gasteiger partial charge >= 0.3 is 5.97 Å². The number of hydrogen-bond acceptors (Lipinski definition) is 5. The van der Waals surface area contributed by atoms with Crippen molar-refractivity contribution in [3.8, 4) is 5.69 Å². The van der Waals surface area contributed by atoms with Crippen molar-refractivity contribution in [3.05, 3.63) is 59.7 Å². The molecule has 30 heavy (non-hydrogen) atoms. The first-order valence-corrected chi connectivity index (χ1v) is 10.4. The number of nitrogens with zero attached hydrogens (tertiary/aromatic N) is 3. The quantitative estimate of drug-likeness (QED) is 0.463. The molecule has 154 valence electrons. The molecule has 6 heteroatoms. The van der Waals surface area contributed by atoms with E-state index in [9.17, 15) is 4.79 Å². The van der Waals surface area contributed by atoms with Crippen molar-refractivity contribution < 1.29 is 9.53 Å². The van der Waals surface area contributed by atoms with Crippen molar-refractivity contribution in [2.24, 2.45) is 5.92 Å². The van der Waals surface area contributed by atoms with Gasteiger partial charge in [-0.05, 0) is 42.2 Å². The molecule has 0 aliphatic carbocycles. The summed E-state index contributed by atoms with van der Waals surface area (Å²) in [5, 5.41) is 0. The molecule has 2 aromatic heterocycles. The van der Waals surface area contributed by atoms with Crippen molar-refractivity contribution in [3.63, 3.8) is 0 Å². The largest absolute Gasteiger partial charge is 0.462 e. The Kier molecular flexibility index (Phi) is 5.40. The van der Waals surface area contributed by atoms with E-state index in [1.54, 1.807) is 4.57 Å². The molecule has 0 bridgehead atoms. The molecule has 4 aromatic rings. The first-order valence-electron chi connectivity index (χ1n) is 10.4. The minimum absolute atomic E-state index is 0.272. The predicted molar refractivity (Wildman–Crippen MR) is 120 cm³/mol. The van der Waals surface area contributed by atoms with Crippen molar-refractivity contribution in [2.45, 2.75) is 33.6 Å². The van der Waals surface area contributed by atoms with E-state index in [1.807, 2.05) is 43.3 Å². The Bertz CT molecular complexity index is 1230. The number of ether oxygens (including phenoxy) is 1. The molecule has 0 aliphatic rings. The van der Waals surface area contributed by atoms with Gasteiger partial charge in [-0.15, -0.1) is 0 Å². The Morgan fingerprint density at radius 3 is 2.53 bits per heavy atom. The Hall–Kier alpha value is -3.41. The average molecular weight is 402 g/mol. The minimum atomic E-state index is -0.465. The number of aromatic nitrogens is 3. The summed E-state index contributed by atoms with van der Waals surface area (Å²) in [6.45, 7) is 6.55. The molecule has 0 saturated heterocycles. The molecule has 0 unspecified atom stereocenters. The van der Waals surface area contributed by atoms with Gasteiger partial charge in [-0.25, -0.2) is 14.8 Å². The fraction of sp³-hybridized carbons (Fsp3) is 0.292. The maximum atomic E-state index is 13.0. The third-order valence-electron chi connectivity index (χ3n) is 5.47. The van der Waals surface area contributed by atoms with Crippen molar-refractivity contribution >= 4 is 34.0 Å². The third kappa shape index (κ3) is 3.49. The highest BCUT2D eigenvalue weighted by Crippen LogP contribution is 2.32. The molecule has 0 fully saturated rings. The van der Waals surface area contributed by atoms with Gasteiger partial charge in [0, 0.05) is 5.69 Å². The van der Waals surface area contributed by atoms with E-state index in [4.69, 9.17) is 20.4 Å². The van der Waals surface area contributed by atoms with E-state index in [0.717, 1.165) is 24.0 Å². The average Bonchev–Trinajstić information content (AvgIpc) is 3.06. The van der Waals surface area contributed by atoms with Gasteiger partial charge in [0.25, 0.3) is 0 Å². The second-order valence-corrected chi connectivity index (χ2v) is 7.62. The summed E-state index contributed by atoms with van der Waals surface area (Å²) in [5.41, 5.74) is 11.3. The van der Waals surface area contributed by atoms with Gasteiger partial charge in [0.15, 0.2) is 5.65 Å². The van der Waals surface area contributed by atoms with Gasteiger partial charge in [-0.1, -0.05) is 51.5 Å². The van der Waals surface area contributed by atoms with Crippen molar-refractivity contribution in [1.29, 1.82) is 0 Å². The fourth-order valence-electron chi connectivity index (χ4n) is 3.45. The molecule has 4 rings (SSSR count). The van der Waals surface area contributed by atoms with Crippen LogP contribution in [0.15, 0.2) is 48.5 Å². The van der Waals surface area contributed by atoms with E-state index in [-0.39, 0.29) is 11.5 Å². The van der Waals surface area contributed by atoms with Crippen molar-refractivity contribution in [1.82, 2.24) is 14.5 Å². The summed E-state index contributed by atoms with van der Waals surface area (Å²) >= 11 is 0. The molecule has 0 aliphatic heterocycles. The van der Waals surface area contributed by atoms with Crippen LogP contribution in [-0.2, 0) is 11.2 Å². The third-order valence-corrected chi connectivity index (χ3v) is 5.47. The SMILES string of the molecule is CCc1cccc(-n2c(N)c(C(=O)OC[C@@H](C)CC)c3nc4ccccc4nc32)c1. The predicted octanol–water partition coefficient (Wildman–Crippen LogP) is 4.92. The number of nitrogens with two attached hydrogens (primary N) is 1. The highest BCUT2D eigenvalue weighted by atomic mass is 16.5. The molecular formula is C24H26N4O2. The summed E-state index contributed by atoms with van der Waals surface area (Å²) in [6, 6.07) is 15.6. The normalized spacial score (nSPS) is 12.4. The number of benzene rings is 2. The molecule has 2 heterocycles. The molecule has 0 spiro atoms. The van der Waals surface area contributed by atoms with Gasteiger partial charge in [-0.3, -0.25) is 4.57 Å². The van der Waals surface area contributed by atoms with E-state index < -0.39 is 5.97 Å². The van der Waals surface area contributed by atoms with Gasteiger partial charge in [0.05, 0.1) is 17.6 Å². The second kappa shape index (κ2) is 8.14. The Labute approximate surface area is 175 Å². The summed E-state index contributed by atoms with van der Waals surface area (Å²) in [5.74, 6) is 0.104. The standard InChI is InChI=1S/C24H26N4O2/c1-4-15(3)14-30-24(29)20-21-23(27-19-12-7-6-11-18(19)26-21)28(22(20)25)17-10-8-9-16(5-2)13-17/h6-13,15H,4-5,14,25H2,1-3H3/t15-/m0/s1. The van der Waals surface area contributed by atoms with E-state index >= 15 is 0 Å². The molecular weight excluding hydrogens is 376 g/mol. The highest BCUT2D eigenvalue weighted by Gasteiger charge is 2.26. The van der Waals surface area contributed by atoms with Crippen LogP contribution in [0.2, 0.25) is 0 Å². The maximum absolute atomic E-state index is 13.0. The van der Waals surface area contributed by atoms with Crippen LogP contribution in [0.3, 0.4) is 0 Å². The lowest BCUT2D eigenvalue weighted by Crippen LogP contribution is -2.13. The van der Waals surface area contributed by atoms with Crippen LogP contribution in [-0.4, -0.2) is 27.1 Å². The van der Waals surface area contributed by atoms with Crippen LogP contribution in [0, 0.1) is 5.92 Å². The monoisotopic (exact) mass is 402 g/mol. The lowest BCUT2D eigenvalue weighted by molar-refractivity contribution is 0.0450. The molecule has 0 saturated carbocycles. The van der Waals surface area contributed by atoms with Gasteiger partial charge in [0.1, 0.15) is 16.9 Å². The smallest absolute Gasteiger partial charge is 0.344 e. The summed E-state index contributed by atoms with van der Waals surface area (Å²) < 4.78 is 7.38. The van der Waals surface area contributed by atoms with Gasteiger partial charge in [-0.2, -0.15) is 0 Å². The molecule has 6 nitrogen and oxygen atoms in total. The number of fused-ring (bicyclic) bond motifs is 2. The van der Waals surface area contributed by atoms with Crippen LogP contribution < -0.4 is 5.73 Å². The fourth-order valence-corrected chi connectivity index (χ4v) is 3.45. The van der Waals surface area contributed by atoms with Crippen LogP contribution in [0.1, 0.15) is 43.1 Å². The maximum Gasteiger partial charge on any atom is 0.344 e. The number of anilines is 1. The molecule has 1 atom stereocenters. The van der Waals surface area contributed by atoms with E-state index in [0.29, 0.717) is 29.1 Å². The molecule has 0 amide bonds. The zero-order valence-electron chi connectivity index (χ0n) is 17.6. The van der Waals surface area contributed by atoms with Crippen LogP contribution in [0.4, 0.5) is 5.82 Å². The van der Waals surface area contributed by atoms with Gasteiger partial charge in [0.2, 0.25) is 0 Å². The topological polar surface area (TPSA) is 83.0 Å². The number of esters is 1. The van der Waals surface area contributed by atoms with Crippen LogP contribution in [0.25, 0.3) is 27.9 Å². The first kappa shape index (κ1) is 19.9. The number of para-hydroxylation sites is 2. The van der Waals surface area contributed by atoms with Gasteiger partial charge < -0.3 is 10.5 Å². The zero-order chi connectivity index (χ0) is 21.3. The number of nitrogen functional groups attached to an aromatic ring is 1. The summed E-state index contributed by atoms with van der Waals surface area (Å²) in [6.07, 6.45) is 1.82. The van der Waals surface area contributed by atoms with E-state index in [1.165, 1.54) is 5.56 Å². The molecule has 2 aromatic carbocycles. The van der Waals surface area contributed by atoms with Crippen LogP contribution >= 0.6 is 0 Å². The lowest BCUT2D eigenvalue weighted by Gasteiger charge is -2.10. The second-order valence-electron chi connectivity index (χ2n) is 7.62. The first-order chi connectivity index (χ1) is 14.5. The minimum Gasteiger partial charge on any atom is -0.462 e. The summed E-state index contributed by atoms with van der Waals surface area (Å²) in [4.78, 5) is 22.5. The van der Waals surface area contributed by atoms with Crippen molar-refractivity contribution in [2.75, 3.05) is 12.3 Å². The van der Waals surface area contributed by atoms with Crippen LogP contribution in [0.5, 0.6) is 0 Å². The highest BCUT2D eigenvalue weighted by molar-refractivity contribution is 6.09. The number of aryl methyl sites for hydroxylation is 1. The Morgan fingerprint density at radius 2 is 1.83 bits per heavy atom. The summed E-state index contributed by atoms with van der Waals surface area (Å²) in [7, 11) is 0. The zero-order valence-corrected chi connectivity index (χ0v) is 17.6. The molecule has 0 radical (unpaired) electrons. The van der Waals surface area contributed by atoms with E-state index in [2.05, 4.69) is 26.0 Å². The molecule has 2 N–H and O–H groups in total.